The minimum atomic E-state index is -3.38. The van der Waals surface area contributed by atoms with Gasteiger partial charge in [-0.05, 0) is 12.1 Å². The summed E-state index contributed by atoms with van der Waals surface area (Å²) in [4.78, 5) is 16.9. The summed E-state index contributed by atoms with van der Waals surface area (Å²) in [6.07, 6.45) is 1.04. The predicted molar refractivity (Wildman–Crippen MR) is 86.5 cm³/mol. The molecule has 0 aliphatic carbocycles. The fraction of sp³-hybridized carbons (Fsp3) is 0.273. The number of likely N-dealkylation sites (N-methyl/N-ethyl adjacent to an activating group) is 1. The molecule has 0 aliphatic rings. The average molecular weight is 366 g/mol. The van der Waals surface area contributed by atoms with Gasteiger partial charge in [-0.1, -0.05) is 11.6 Å². The monoisotopic (exact) mass is 365 g/mol. The van der Waals surface area contributed by atoms with E-state index in [0.717, 1.165) is 21.1 Å². The van der Waals surface area contributed by atoms with Crippen LogP contribution in [0, 0.1) is 0 Å². The van der Waals surface area contributed by atoms with Crippen LogP contribution < -0.4 is 5.32 Å². The third-order valence-corrected chi connectivity index (χ3v) is 5.78. The molecule has 1 amide bonds. The number of thiazole rings is 1. The summed E-state index contributed by atoms with van der Waals surface area (Å²) in [5, 5.41) is 4.80. The first-order valence-corrected chi connectivity index (χ1v) is 9.60. The number of amides is 1. The number of carbonyl (C=O) groups excluding carboxylic acids is 1. The maximum Gasteiger partial charge on any atom is 0.241 e. The van der Waals surface area contributed by atoms with Gasteiger partial charge in [0.05, 0.1) is 27.7 Å². The van der Waals surface area contributed by atoms with E-state index >= 15 is 0 Å². The molecule has 10 heteroatoms. The van der Waals surface area contributed by atoms with Crippen LogP contribution in [0.15, 0.2) is 17.5 Å². The number of thiophene rings is 1. The van der Waals surface area contributed by atoms with Crippen LogP contribution in [-0.2, 0) is 14.8 Å². The minimum Gasteiger partial charge on any atom is -0.301 e. The van der Waals surface area contributed by atoms with E-state index in [-0.39, 0.29) is 6.54 Å². The molecule has 1 N–H and O–H groups in total. The molecule has 0 saturated carbocycles. The second-order valence-electron chi connectivity index (χ2n) is 4.21. The van der Waals surface area contributed by atoms with Gasteiger partial charge in [-0.15, -0.1) is 22.7 Å². The number of hydrogen-bond donors (Lipinski definition) is 1. The van der Waals surface area contributed by atoms with Gasteiger partial charge in [0.2, 0.25) is 15.9 Å². The molecule has 0 radical (unpaired) electrons. The minimum absolute atomic E-state index is 0.251. The maximum atomic E-state index is 11.8. The van der Waals surface area contributed by atoms with Crippen LogP contribution in [0.1, 0.15) is 0 Å². The van der Waals surface area contributed by atoms with Gasteiger partial charge in [0, 0.05) is 12.4 Å². The summed E-state index contributed by atoms with van der Waals surface area (Å²) in [6.45, 7) is -0.251. The Morgan fingerprint density at radius 1 is 1.48 bits per heavy atom. The van der Waals surface area contributed by atoms with Gasteiger partial charge < -0.3 is 5.32 Å². The normalized spacial score (nSPS) is 11.8. The molecule has 21 heavy (non-hydrogen) atoms. The van der Waals surface area contributed by atoms with Crippen molar-refractivity contribution in [3.05, 3.63) is 21.8 Å². The first kappa shape index (κ1) is 16.4. The molecule has 114 valence electrons. The van der Waals surface area contributed by atoms with Crippen molar-refractivity contribution in [3.63, 3.8) is 0 Å². The lowest BCUT2D eigenvalue weighted by Crippen LogP contribution is -2.34. The molecule has 0 saturated heterocycles. The lowest BCUT2D eigenvalue weighted by molar-refractivity contribution is -0.116. The van der Waals surface area contributed by atoms with Crippen LogP contribution in [-0.4, -0.2) is 43.5 Å². The zero-order chi connectivity index (χ0) is 15.6. The van der Waals surface area contributed by atoms with Crippen LogP contribution in [0.25, 0.3) is 10.6 Å². The highest BCUT2D eigenvalue weighted by Gasteiger charge is 2.16. The third-order valence-electron chi connectivity index (χ3n) is 2.51. The number of hydrogen-bond acceptors (Lipinski definition) is 6. The average Bonchev–Trinajstić information content (AvgIpc) is 2.96. The zero-order valence-corrected chi connectivity index (χ0v) is 14.4. The fourth-order valence-electron chi connectivity index (χ4n) is 1.37. The van der Waals surface area contributed by atoms with Gasteiger partial charge in [-0.25, -0.2) is 13.4 Å². The van der Waals surface area contributed by atoms with Crippen molar-refractivity contribution in [2.75, 3.05) is 25.2 Å². The second kappa shape index (κ2) is 6.41. The van der Waals surface area contributed by atoms with E-state index in [1.54, 1.807) is 11.4 Å². The van der Waals surface area contributed by atoms with Gasteiger partial charge in [0.1, 0.15) is 0 Å². The van der Waals surface area contributed by atoms with Crippen molar-refractivity contribution < 1.29 is 13.2 Å². The summed E-state index contributed by atoms with van der Waals surface area (Å²) in [6, 6.07) is 3.63. The molecule has 0 fully saturated rings. The van der Waals surface area contributed by atoms with Crippen LogP contribution in [0.2, 0.25) is 4.34 Å². The largest absolute Gasteiger partial charge is 0.301 e. The van der Waals surface area contributed by atoms with Crippen LogP contribution >= 0.6 is 34.3 Å². The van der Waals surface area contributed by atoms with Gasteiger partial charge >= 0.3 is 0 Å². The van der Waals surface area contributed by atoms with Crippen molar-refractivity contribution in [3.8, 4) is 10.6 Å². The lowest BCUT2D eigenvalue weighted by atomic mass is 10.4. The number of carbonyl (C=O) groups is 1. The van der Waals surface area contributed by atoms with Crippen LogP contribution in [0.4, 0.5) is 5.13 Å². The van der Waals surface area contributed by atoms with Gasteiger partial charge in [-0.2, -0.15) is 4.31 Å². The molecule has 2 rings (SSSR count). The number of sulfonamides is 1. The topological polar surface area (TPSA) is 79.4 Å². The summed E-state index contributed by atoms with van der Waals surface area (Å²) in [5.74, 6) is -0.437. The summed E-state index contributed by atoms with van der Waals surface area (Å²) in [7, 11) is -2.04. The molecule has 0 unspecified atom stereocenters. The second-order valence-corrected chi connectivity index (χ2v) is 8.87. The molecule has 0 spiro atoms. The standard InChI is InChI=1S/C11H12ClN3O3S3/c1-15(21(2,17)18)5-10(16)14-11-13-7(6-19-11)8-3-4-9(12)20-8/h3-4,6H,5H2,1-2H3,(H,13,14,16). The maximum absolute atomic E-state index is 11.8. The Kier molecular flexibility index (Phi) is 4.99. The number of rotatable bonds is 5. The van der Waals surface area contributed by atoms with Crippen LogP contribution in [0.3, 0.4) is 0 Å². The molecule has 0 bridgehead atoms. The number of aromatic nitrogens is 1. The quantitative estimate of drug-likeness (QED) is 0.882. The van der Waals surface area contributed by atoms with E-state index in [1.165, 1.54) is 29.7 Å². The van der Waals surface area contributed by atoms with Crippen molar-refractivity contribution in [1.82, 2.24) is 9.29 Å². The Balaban J connectivity index is 2.01. The summed E-state index contributed by atoms with van der Waals surface area (Å²) in [5.41, 5.74) is 0.726. The van der Waals surface area contributed by atoms with Crippen molar-refractivity contribution in [2.45, 2.75) is 0 Å². The Bertz CT molecular complexity index is 754. The van der Waals surface area contributed by atoms with E-state index in [1.807, 2.05) is 6.07 Å². The SMILES string of the molecule is CN(CC(=O)Nc1nc(-c2ccc(Cl)s2)cs1)S(C)(=O)=O. The third kappa shape index (κ3) is 4.48. The van der Waals surface area contributed by atoms with Crippen molar-refractivity contribution >= 4 is 55.3 Å². The predicted octanol–water partition coefficient (Wildman–Crippen LogP) is 2.35. The molecule has 0 aromatic carbocycles. The smallest absolute Gasteiger partial charge is 0.241 e. The van der Waals surface area contributed by atoms with E-state index in [0.29, 0.717) is 9.47 Å². The molecule has 2 aromatic heterocycles. The van der Waals surface area contributed by atoms with Crippen molar-refractivity contribution in [1.29, 1.82) is 0 Å². The Morgan fingerprint density at radius 2 is 2.19 bits per heavy atom. The highest BCUT2D eigenvalue weighted by atomic mass is 35.5. The van der Waals surface area contributed by atoms with E-state index in [2.05, 4.69) is 10.3 Å². The van der Waals surface area contributed by atoms with Crippen LogP contribution in [0.5, 0.6) is 0 Å². The van der Waals surface area contributed by atoms with Gasteiger partial charge in [-0.3, -0.25) is 4.79 Å². The molecule has 2 aromatic rings. The Labute approximate surface area is 135 Å². The zero-order valence-electron chi connectivity index (χ0n) is 11.2. The number of anilines is 1. The summed E-state index contributed by atoms with van der Waals surface area (Å²) < 4.78 is 24.1. The van der Waals surface area contributed by atoms with E-state index in [9.17, 15) is 13.2 Å². The Morgan fingerprint density at radius 3 is 2.76 bits per heavy atom. The van der Waals surface area contributed by atoms with E-state index in [4.69, 9.17) is 11.6 Å². The molecule has 2 heterocycles. The highest BCUT2D eigenvalue weighted by Crippen LogP contribution is 2.32. The Hall–Kier alpha value is -1.00. The number of nitrogens with one attached hydrogen (secondary N) is 1. The number of halogens is 1. The molecular weight excluding hydrogens is 354 g/mol. The first-order chi connectivity index (χ1) is 9.75. The molecule has 0 atom stereocenters. The molecule has 6 nitrogen and oxygen atoms in total. The fourth-order valence-corrected chi connectivity index (χ4v) is 3.53. The number of nitrogens with zero attached hydrogens (tertiary/aromatic N) is 2. The van der Waals surface area contributed by atoms with E-state index < -0.39 is 15.9 Å². The lowest BCUT2D eigenvalue weighted by Gasteiger charge is -2.12. The molecular formula is C11H12ClN3O3S3. The summed E-state index contributed by atoms with van der Waals surface area (Å²) >= 11 is 8.53. The highest BCUT2D eigenvalue weighted by molar-refractivity contribution is 7.88. The van der Waals surface area contributed by atoms with Crippen molar-refractivity contribution in [2.24, 2.45) is 0 Å². The van der Waals surface area contributed by atoms with Gasteiger partial charge in [0.15, 0.2) is 5.13 Å². The molecule has 0 aliphatic heterocycles. The first-order valence-electron chi connectivity index (χ1n) is 5.68. The van der Waals surface area contributed by atoms with Gasteiger partial charge in [0.25, 0.3) is 0 Å².